The van der Waals surface area contributed by atoms with Crippen molar-refractivity contribution in [2.75, 3.05) is 5.32 Å². The van der Waals surface area contributed by atoms with Gasteiger partial charge >= 0.3 is 0 Å². The first-order valence-corrected chi connectivity index (χ1v) is 7.18. The van der Waals surface area contributed by atoms with Crippen molar-refractivity contribution in [1.82, 2.24) is 9.78 Å². The molecule has 102 valence electrons. The maximum absolute atomic E-state index is 12.8. The maximum Gasteiger partial charge on any atom is 0.123 e. The summed E-state index contributed by atoms with van der Waals surface area (Å²) in [6.45, 7) is 5.65. The summed E-state index contributed by atoms with van der Waals surface area (Å²) in [5.74, 6) is -0.224. The van der Waals surface area contributed by atoms with E-state index in [1.54, 1.807) is 12.1 Å². The molecule has 0 radical (unpaired) electrons. The minimum absolute atomic E-state index is 0.224. The van der Waals surface area contributed by atoms with E-state index < -0.39 is 0 Å². The number of benzene rings is 1. The predicted molar refractivity (Wildman–Crippen MR) is 78.7 cm³/mol. The smallest absolute Gasteiger partial charge is 0.123 e. The Morgan fingerprint density at radius 2 is 1.95 bits per heavy atom. The van der Waals surface area contributed by atoms with Crippen LogP contribution in [0.5, 0.6) is 0 Å². The fourth-order valence-electron chi connectivity index (χ4n) is 1.94. The first-order chi connectivity index (χ1) is 9.15. The van der Waals surface area contributed by atoms with Gasteiger partial charge in [0.1, 0.15) is 5.82 Å². The normalized spacial score (nSPS) is 10.7. The van der Waals surface area contributed by atoms with Crippen LogP contribution in [0.25, 0.3) is 0 Å². The average molecular weight is 326 g/mol. The van der Waals surface area contributed by atoms with Crippen LogP contribution in [-0.4, -0.2) is 9.78 Å². The molecule has 1 aromatic heterocycles. The molecule has 0 spiro atoms. The van der Waals surface area contributed by atoms with Gasteiger partial charge in [0, 0.05) is 12.2 Å². The van der Waals surface area contributed by atoms with Gasteiger partial charge in [0.2, 0.25) is 0 Å². The SMILES string of the molecule is CCc1nn(CC)c(CNc2ccc(F)cc2)c1Br. The zero-order valence-electron chi connectivity index (χ0n) is 11.1. The zero-order valence-corrected chi connectivity index (χ0v) is 12.7. The molecule has 0 fully saturated rings. The van der Waals surface area contributed by atoms with Crippen LogP contribution in [0.4, 0.5) is 10.1 Å². The largest absolute Gasteiger partial charge is 0.379 e. The maximum atomic E-state index is 12.8. The van der Waals surface area contributed by atoms with Crippen LogP contribution in [0.15, 0.2) is 28.7 Å². The molecule has 0 bridgehead atoms. The lowest BCUT2D eigenvalue weighted by Gasteiger charge is -2.08. The zero-order chi connectivity index (χ0) is 13.8. The number of rotatable bonds is 5. The Hall–Kier alpha value is -1.36. The summed E-state index contributed by atoms with van der Waals surface area (Å²) < 4.78 is 15.9. The van der Waals surface area contributed by atoms with Gasteiger partial charge in [-0.1, -0.05) is 6.92 Å². The van der Waals surface area contributed by atoms with Crippen LogP contribution in [0, 0.1) is 5.82 Å². The number of anilines is 1. The third kappa shape index (κ3) is 3.15. The van der Waals surface area contributed by atoms with Crippen LogP contribution < -0.4 is 5.32 Å². The molecule has 1 heterocycles. The molecule has 0 aliphatic rings. The lowest BCUT2D eigenvalue weighted by atomic mass is 10.3. The Labute approximate surface area is 121 Å². The lowest BCUT2D eigenvalue weighted by molar-refractivity contribution is 0.618. The fourth-order valence-corrected chi connectivity index (χ4v) is 2.64. The molecule has 0 amide bonds. The van der Waals surface area contributed by atoms with Gasteiger partial charge in [0.15, 0.2) is 0 Å². The quantitative estimate of drug-likeness (QED) is 0.901. The highest BCUT2D eigenvalue weighted by molar-refractivity contribution is 9.10. The summed E-state index contributed by atoms with van der Waals surface area (Å²) in [6.07, 6.45) is 0.900. The molecule has 1 aromatic carbocycles. The molecular formula is C14H17BrFN3. The van der Waals surface area contributed by atoms with Crippen LogP contribution in [-0.2, 0) is 19.5 Å². The van der Waals surface area contributed by atoms with E-state index in [2.05, 4.69) is 40.2 Å². The molecule has 3 nitrogen and oxygen atoms in total. The Morgan fingerprint density at radius 3 is 2.53 bits per heavy atom. The summed E-state index contributed by atoms with van der Waals surface area (Å²) in [4.78, 5) is 0. The molecule has 19 heavy (non-hydrogen) atoms. The first kappa shape index (κ1) is 14.1. The summed E-state index contributed by atoms with van der Waals surface area (Å²) in [5.41, 5.74) is 3.08. The summed E-state index contributed by atoms with van der Waals surface area (Å²) in [6, 6.07) is 6.37. The van der Waals surface area contributed by atoms with Crippen LogP contribution >= 0.6 is 15.9 Å². The molecule has 2 aromatic rings. The van der Waals surface area contributed by atoms with Crippen molar-refractivity contribution in [2.45, 2.75) is 33.4 Å². The summed E-state index contributed by atoms with van der Waals surface area (Å²) in [7, 11) is 0. The molecule has 2 rings (SSSR count). The van der Waals surface area contributed by atoms with Gasteiger partial charge in [-0.2, -0.15) is 5.10 Å². The highest BCUT2D eigenvalue weighted by Gasteiger charge is 2.13. The third-order valence-corrected chi connectivity index (χ3v) is 3.91. The van der Waals surface area contributed by atoms with E-state index in [1.807, 2.05) is 4.68 Å². The summed E-state index contributed by atoms with van der Waals surface area (Å²) in [5, 5.41) is 7.83. The van der Waals surface area contributed by atoms with Gasteiger partial charge in [-0.25, -0.2) is 4.39 Å². The van der Waals surface area contributed by atoms with E-state index in [1.165, 1.54) is 12.1 Å². The fraction of sp³-hybridized carbons (Fsp3) is 0.357. The standard InChI is InChI=1S/C14H17BrFN3/c1-3-12-14(15)13(19(4-2)18-12)9-17-11-7-5-10(16)6-8-11/h5-8,17H,3-4,9H2,1-2H3. The van der Waals surface area contributed by atoms with Crippen molar-refractivity contribution < 1.29 is 4.39 Å². The van der Waals surface area contributed by atoms with Gasteiger partial charge in [-0.05, 0) is 53.5 Å². The predicted octanol–water partition coefficient (Wildman–Crippen LogP) is 3.98. The van der Waals surface area contributed by atoms with Crippen molar-refractivity contribution in [3.05, 3.63) is 45.9 Å². The minimum atomic E-state index is -0.224. The number of hydrogen-bond donors (Lipinski definition) is 1. The number of aryl methyl sites for hydroxylation is 2. The number of hydrogen-bond acceptors (Lipinski definition) is 2. The van der Waals surface area contributed by atoms with Gasteiger partial charge < -0.3 is 5.32 Å². The molecule has 5 heteroatoms. The average Bonchev–Trinajstić information content (AvgIpc) is 2.74. The van der Waals surface area contributed by atoms with E-state index in [4.69, 9.17) is 0 Å². The molecule has 0 aliphatic carbocycles. The number of nitrogens with one attached hydrogen (secondary N) is 1. The van der Waals surface area contributed by atoms with Crippen molar-refractivity contribution >= 4 is 21.6 Å². The molecular weight excluding hydrogens is 309 g/mol. The van der Waals surface area contributed by atoms with E-state index in [9.17, 15) is 4.39 Å². The number of halogens is 2. The highest BCUT2D eigenvalue weighted by atomic mass is 79.9. The minimum Gasteiger partial charge on any atom is -0.379 e. The first-order valence-electron chi connectivity index (χ1n) is 6.39. The van der Waals surface area contributed by atoms with Gasteiger partial charge in [-0.15, -0.1) is 0 Å². The lowest BCUT2D eigenvalue weighted by Crippen LogP contribution is -2.08. The van der Waals surface area contributed by atoms with Gasteiger partial charge in [0.25, 0.3) is 0 Å². The Balaban J connectivity index is 2.14. The van der Waals surface area contributed by atoms with Crippen LogP contribution in [0.1, 0.15) is 25.2 Å². The number of aromatic nitrogens is 2. The second-order valence-electron chi connectivity index (χ2n) is 4.24. The van der Waals surface area contributed by atoms with Crippen molar-refractivity contribution in [3.8, 4) is 0 Å². The molecule has 0 saturated carbocycles. The molecule has 1 N–H and O–H groups in total. The Morgan fingerprint density at radius 1 is 1.26 bits per heavy atom. The monoisotopic (exact) mass is 325 g/mol. The Kier molecular flexibility index (Phi) is 4.58. The highest BCUT2D eigenvalue weighted by Crippen LogP contribution is 2.23. The van der Waals surface area contributed by atoms with E-state index in [-0.39, 0.29) is 5.82 Å². The van der Waals surface area contributed by atoms with Crippen LogP contribution in [0.2, 0.25) is 0 Å². The van der Waals surface area contributed by atoms with Gasteiger partial charge in [0.05, 0.1) is 22.4 Å². The Bertz CT molecular complexity index is 549. The van der Waals surface area contributed by atoms with E-state index >= 15 is 0 Å². The third-order valence-electron chi connectivity index (χ3n) is 3.00. The molecule has 0 aliphatic heterocycles. The van der Waals surface area contributed by atoms with Crippen LogP contribution in [0.3, 0.4) is 0 Å². The van der Waals surface area contributed by atoms with E-state index in [0.717, 1.165) is 34.5 Å². The van der Waals surface area contributed by atoms with Crippen molar-refractivity contribution in [3.63, 3.8) is 0 Å². The topological polar surface area (TPSA) is 29.9 Å². The second kappa shape index (κ2) is 6.19. The van der Waals surface area contributed by atoms with E-state index in [0.29, 0.717) is 6.54 Å². The molecule has 0 unspecified atom stereocenters. The second-order valence-corrected chi connectivity index (χ2v) is 5.03. The van der Waals surface area contributed by atoms with Crippen molar-refractivity contribution in [2.24, 2.45) is 0 Å². The number of nitrogens with zero attached hydrogens (tertiary/aromatic N) is 2. The van der Waals surface area contributed by atoms with Gasteiger partial charge in [-0.3, -0.25) is 4.68 Å². The summed E-state index contributed by atoms with van der Waals surface area (Å²) >= 11 is 3.60. The molecule has 0 atom stereocenters. The van der Waals surface area contributed by atoms with Crippen molar-refractivity contribution in [1.29, 1.82) is 0 Å². The molecule has 0 saturated heterocycles.